The molecule has 2 atom stereocenters. The summed E-state index contributed by atoms with van der Waals surface area (Å²) in [4.78, 5) is 23.8. The van der Waals surface area contributed by atoms with Crippen LogP contribution in [-0.2, 0) is 6.42 Å². The molecule has 0 spiro atoms. The topological polar surface area (TPSA) is 92.4 Å². The van der Waals surface area contributed by atoms with Crippen molar-refractivity contribution in [2.24, 2.45) is 0 Å². The number of aromatic nitrogens is 4. The number of aryl methyl sites for hydroxylation is 1. The molecule has 0 aliphatic heterocycles. The van der Waals surface area contributed by atoms with Crippen molar-refractivity contribution in [3.8, 4) is 0 Å². The van der Waals surface area contributed by atoms with Gasteiger partial charge in [-0.1, -0.05) is 13.8 Å². The lowest BCUT2D eigenvalue weighted by atomic mass is 9.87. The molecule has 0 saturated carbocycles. The van der Waals surface area contributed by atoms with Crippen molar-refractivity contribution in [3.05, 3.63) is 22.6 Å². The van der Waals surface area contributed by atoms with E-state index in [0.29, 0.717) is 18.0 Å². The molecular weight excluding hydrogens is 338 g/mol. The molecule has 4 rings (SSSR count). The lowest BCUT2D eigenvalue weighted by Crippen LogP contribution is -2.37. The predicted molar refractivity (Wildman–Crippen MR) is 96.1 cm³/mol. The minimum Gasteiger partial charge on any atom is -0.394 e. The zero-order valence-corrected chi connectivity index (χ0v) is 15.1. The van der Waals surface area contributed by atoms with Crippen molar-refractivity contribution in [2.45, 2.75) is 51.5 Å². The number of amides is 1. The highest BCUT2D eigenvalue weighted by Gasteiger charge is 2.26. The maximum atomic E-state index is 12.4. The van der Waals surface area contributed by atoms with Crippen LogP contribution in [0.3, 0.4) is 0 Å². The highest BCUT2D eigenvalue weighted by molar-refractivity contribution is 7.19. The fraction of sp³-hybridized carbons (Fsp3) is 0.529. The summed E-state index contributed by atoms with van der Waals surface area (Å²) in [7, 11) is 0. The van der Waals surface area contributed by atoms with E-state index < -0.39 is 0 Å². The number of aliphatic hydroxyl groups excluding tert-OH is 1. The van der Waals surface area contributed by atoms with E-state index in [1.165, 1.54) is 16.9 Å². The first kappa shape index (κ1) is 16.4. The molecule has 0 radical (unpaired) electrons. The van der Waals surface area contributed by atoms with Gasteiger partial charge in [-0.05, 0) is 37.2 Å². The third-order valence-corrected chi connectivity index (χ3v) is 6.10. The van der Waals surface area contributed by atoms with Crippen LogP contribution in [0.2, 0.25) is 0 Å². The van der Waals surface area contributed by atoms with Gasteiger partial charge in [-0.25, -0.2) is 14.5 Å². The summed E-state index contributed by atoms with van der Waals surface area (Å²) in [5, 5.41) is 17.4. The van der Waals surface area contributed by atoms with E-state index in [2.05, 4.69) is 27.3 Å². The number of nitrogens with one attached hydrogen (secondary N) is 1. The first-order valence-corrected chi connectivity index (χ1v) is 9.52. The van der Waals surface area contributed by atoms with Crippen LogP contribution in [0.25, 0.3) is 15.9 Å². The van der Waals surface area contributed by atoms with Gasteiger partial charge in [0.25, 0.3) is 5.91 Å². The van der Waals surface area contributed by atoms with Crippen molar-refractivity contribution in [1.29, 1.82) is 0 Å². The van der Waals surface area contributed by atoms with Gasteiger partial charge < -0.3 is 10.4 Å². The second-order valence-corrected chi connectivity index (χ2v) is 7.71. The summed E-state index contributed by atoms with van der Waals surface area (Å²) >= 11 is 1.73. The normalized spacial score (nSPS) is 18.4. The number of fused-ring (bicyclic) bond motifs is 5. The van der Waals surface area contributed by atoms with Crippen LogP contribution in [0.1, 0.15) is 60.1 Å². The average molecular weight is 359 g/mol. The van der Waals surface area contributed by atoms with Crippen LogP contribution < -0.4 is 5.32 Å². The number of hydrogen-bond acceptors (Lipinski definition) is 6. The number of carbonyl (C=O) groups excluding carboxylic acids is 1. The molecular formula is C17H21N5O2S. The third-order valence-electron chi connectivity index (χ3n) is 4.93. The van der Waals surface area contributed by atoms with Crippen LogP contribution in [0.5, 0.6) is 0 Å². The molecule has 0 fully saturated rings. The van der Waals surface area contributed by atoms with Gasteiger partial charge in [0.1, 0.15) is 11.2 Å². The van der Waals surface area contributed by atoms with Gasteiger partial charge >= 0.3 is 0 Å². The molecule has 1 aliphatic rings. The fourth-order valence-electron chi connectivity index (χ4n) is 3.51. The Morgan fingerprint density at radius 1 is 1.56 bits per heavy atom. The van der Waals surface area contributed by atoms with Crippen molar-refractivity contribution >= 4 is 33.1 Å². The van der Waals surface area contributed by atoms with Gasteiger partial charge in [-0.3, -0.25) is 4.79 Å². The maximum Gasteiger partial charge on any atom is 0.291 e. The van der Waals surface area contributed by atoms with E-state index in [-0.39, 0.29) is 24.4 Å². The Morgan fingerprint density at radius 2 is 2.40 bits per heavy atom. The Hall–Kier alpha value is -2.06. The van der Waals surface area contributed by atoms with Crippen molar-refractivity contribution in [1.82, 2.24) is 24.9 Å². The van der Waals surface area contributed by atoms with Gasteiger partial charge in [-0.2, -0.15) is 0 Å². The van der Waals surface area contributed by atoms with Crippen LogP contribution in [0.4, 0.5) is 0 Å². The molecule has 8 heteroatoms. The quantitative estimate of drug-likeness (QED) is 0.745. The molecule has 7 nitrogen and oxygen atoms in total. The van der Waals surface area contributed by atoms with Gasteiger partial charge in [0.2, 0.25) is 5.82 Å². The molecule has 3 heterocycles. The van der Waals surface area contributed by atoms with Crippen molar-refractivity contribution < 1.29 is 9.90 Å². The molecule has 0 unspecified atom stereocenters. The predicted octanol–water partition coefficient (Wildman–Crippen LogP) is 2.28. The number of rotatable bonds is 4. The summed E-state index contributed by atoms with van der Waals surface area (Å²) in [5.41, 5.74) is 2.02. The molecule has 132 valence electrons. The smallest absolute Gasteiger partial charge is 0.291 e. The Kier molecular flexibility index (Phi) is 4.16. The summed E-state index contributed by atoms with van der Waals surface area (Å²) in [6.45, 7) is 4.05. The molecule has 25 heavy (non-hydrogen) atoms. The SMILES string of the molecule is CC[C@H](CO)NC(=O)c1nc2c3c4c(sc3ncn2n1)CCC[C@H]4C. The van der Waals surface area contributed by atoms with Gasteiger partial charge in [-0.15, -0.1) is 16.4 Å². The second-order valence-electron chi connectivity index (χ2n) is 6.62. The standard InChI is InChI=1S/C17H21N5O2S/c1-3-10(7-23)19-16(24)14-20-15-13-12-9(2)5-4-6-11(12)25-17(13)18-8-22(15)21-14/h8-10,23H,3-7H2,1-2H3,(H,19,24)/t9-,10-/m1/s1. The van der Waals surface area contributed by atoms with Crippen LogP contribution >= 0.6 is 11.3 Å². The minimum absolute atomic E-state index is 0.100. The second kappa shape index (κ2) is 6.34. The van der Waals surface area contributed by atoms with Gasteiger partial charge in [0.15, 0.2) is 5.65 Å². The number of carbonyl (C=O) groups is 1. The van der Waals surface area contributed by atoms with Crippen molar-refractivity contribution in [2.75, 3.05) is 6.61 Å². The number of aliphatic hydroxyl groups is 1. The summed E-state index contributed by atoms with van der Waals surface area (Å²) in [5.74, 6) is 0.220. The molecule has 3 aromatic heterocycles. The maximum absolute atomic E-state index is 12.4. The van der Waals surface area contributed by atoms with E-state index in [4.69, 9.17) is 0 Å². The first-order chi connectivity index (χ1) is 12.1. The molecule has 3 aromatic rings. The largest absolute Gasteiger partial charge is 0.394 e. The summed E-state index contributed by atoms with van der Waals surface area (Å²) < 4.78 is 1.59. The highest BCUT2D eigenvalue weighted by atomic mass is 32.1. The molecule has 0 bridgehead atoms. The third kappa shape index (κ3) is 2.69. The number of hydrogen-bond donors (Lipinski definition) is 2. The Balaban J connectivity index is 1.81. The lowest BCUT2D eigenvalue weighted by molar-refractivity contribution is 0.0904. The Morgan fingerprint density at radius 3 is 3.16 bits per heavy atom. The van der Waals surface area contributed by atoms with Gasteiger partial charge in [0.05, 0.1) is 18.0 Å². The first-order valence-electron chi connectivity index (χ1n) is 8.70. The molecule has 1 amide bonds. The van der Waals surface area contributed by atoms with E-state index >= 15 is 0 Å². The van der Waals surface area contributed by atoms with Crippen LogP contribution in [0.15, 0.2) is 6.33 Å². The number of nitrogens with zero attached hydrogens (tertiary/aromatic N) is 4. The molecule has 1 aliphatic carbocycles. The average Bonchev–Trinajstić information content (AvgIpc) is 3.20. The zero-order chi connectivity index (χ0) is 17.6. The summed E-state index contributed by atoms with van der Waals surface area (Å²) in [6.07, 6.45) is 5.73. The van der Waals surface area contributed by atoms with Crippen molar-refractivity contribution in [3.63, 3.8) is 0 Å². The van der Waals surface area contributed by atoms with Crippen LogP contribution in [0, 0.1) is 0 Å². The highest BCUT2D eigenvalue weighted by Crippen LogP contribution is 2.42. The fourth-order valence-corrected chi connectivity index (χ4v) is 4.80. The minimum atomic E-state index is -0.366. The monoisotopic (exact) mass is 359 g/mol. The van der Waals surface area contributed by atoms with E-state index in [1.807, 2.05) is 6.92 Å². The van der Waals surface area contributed by atoms with Crippen LogP contribution in [-0.4, -0.2) is 43.2 Å². The zero-order valence-electron chi connectivity index (χ0n) is 14.3. The Labute approximate surface area is 149 Å². The molecule has 2 N–H and O–H groups in total. The van der Waals surface area contributed by atoms with E-state index in [0.717, 1.165) is 23.1 Å². The molecule has 0 saturated heterocycles. The van der Waals surface area contributed by atoms with Gasteiger partial charge in [0, 0.05) is 4.88 Å². The summed E-state index contributed by atoms with van der Waals surface area (Å²) in [6, 6.07) is -0.286. The number of thiophene rings is 1. The van der Waals surface area contributed by atoms with E-state index in [9.17, 15) is 9.90 Å². The van der Waals surface area contributed by atoms with E-state index in [1.54, 1.807) is 22.2 Å². The Bertz CT molecular complexity index is 943. The molecule has 0 aromatic carbocycles. The lowest BCUT2D eigenvalue weighted by Gasteiger charge is -2.18.